The first-order chi connectivity index (χ1) is 14.1. The monoisotopic (exact) mass is 391 g/mol. The molecule has 2 aromatic rings. The molecule has 0 unspecified atom stereocenters. The van der Waals surface area contributed by atoms with Gasteiger partial charge in [-0.05, 0) is 43.7 Å². The lowest BCUT2D eigenvalue weighted by atomic mass is 10.1. The molecule has 0 aromatic heterocycles. The molecule has 1 saturated heterocycles. The van der Waals surface area contributed by atoms with Crippen molar-refractivity contribution in [1.29, 1.82) is 5.26 Å². The number of nitrogens with one attached hydrogen (secondary N) is 1. The molecule has 0 bridgehead atoms. The SMILES string of the molecule is CCOc1cc(/C=C2/NC(=O)N(CC)C2=O)ccc1OCc1ccccc1C#N. The van der Waals surface area contributed by atoms with E-state index in [-0.39, 0.29) is 18.2 Å². The molecule has 29 heavy (non-hydrogen) atoms. The van der Waals surface area contributed by atoms with Gasteiger partial charge in [0.2, 0.25) is 0 Å². The predicted molar refractivity (Wildman–Crippen MR) is 107 cm³/mol. The van der Waals surface area contributed by atoms with Crippen LogP contribution in [0.15, 0.2) is 48.2 Å². The summed E-state index contributed by atoms with van der Waals surface area (Å²) in [5.74, 6) is 0.683. The summed E-state index contributed by atoms with van der Waals surface area (Å²) in [5.41, 5.74) is 2.25. The van der Waals surface area contributed by atoms with E-state index in [9.17, 15) is 14.9 Å². The van der Waals surface area contributed by atoms with E-state index in [0.717, 1.165) is 10.5 Å². The van der Waals surface area contributed by atoms with Crippen molar-refractivity contribution in [3.8, 4) is 17.6 Å². The van der Waals surface area contributed by atoms with Gasteiger partial charge in [-0.2, -0.15) is 5.26 Å². The molecule has 0 spiro atoms. The number of nitriles is 1. The predicted octanol–water partition coefficient (Wildman–Crippen LogP) is 3.45. The smallest absolute Gasteiger partial charge is 0.328 e. The number of ether oxygens (including phenoxy) is 2. The summed E-state index contributed by atoms with van der Waals surface area (Å²) >= 11 is 0. The van der Waals surface area contributed by atoms with Crippen LogP contribution in [0.4, 0.5) is 4.79 Å². The summed E-state index contributed by atoms with van der Waals surface area (Å²) in [6, 6.07) is 14.2. The molecular formula is C22H21N3O4. The van der Waals surface area contributed by atoms with Crippen LogP contribution in [0.2, 0.25) is 0 Å². The fraction of sp³-hybridized carbons (Fsp3) is 0.227. The minimum Gasteiger partial charge on any atom is -0.490 e. The molecule has 0 atom stereocenters. The maximum atomic E-state index is 12.2. The fourth-order valence-corrected chi connectivity index (χ4v) is 2.94. The van der Waals surface area contributed by atoms with Crippen molar-refractivity contribution in [3.63, 3.8) is 0 Å². The maximum Gasteiger partial charge on any atom is 0.328 e. The largest absolute Gasteiger partial charge is 0.490 e. The lowest BCUT2D eigenvalue weighted by Crippen LogP contribution is -2.30. The van der Waals surface area contributed by atoms with Gasteiger partial charge in [-0.3, -0.25) is 9.69 Å². The van der Waals surface area contributed by atoms with Crippen LogP contribution < -0.4 is 14.8 Å². The Bertz CT molecular complexity index is 1010. The van der Waals surface area contributed by atoms with Crippen molar-refractivity contribution >= 4 is 18.0 Å². The summed E-state index contributed by atoms with van der Waals surface area (Å²) in [4.78, 5) is 25.2. The molecule has 1 aliphatic heterocycles. The fourth-order valence-electron chi connectivity index (χ4n) is 2.94. The second-order valence-corrected chi connectivity index (χ2v) is 6.23. The number of rotatable bonds is 7. The molecule has 0 radical (unpaired) electrons. The topological polar surface area (TPSA) is 91.7 Å². The molecule has 1 N–H and O–H groups in total. The Hall–Kier alpha value is -3.79. The number of amides is 3. The third kappa shape index (κ3) is 4.38. The van der Waals surface area contributed by atoms with E-state index in [1.54, 1.807) is 43.3 Å². The van der Waals surface area contributed by atoms with Crippen LogP contribution in [0.5, 0.6) is 11.5 Å². The molecule has 148 valence electrons. The Morgan fingerprint density at radius 1 is 1.10 bits per heavy atom. The van der Waals surface area contributed by atoms with Crippen molar-refractivity contribution < 1.29 is 19.1 Å². The minimum atomic E-state index is -0.426. The summed E-state index contributed by atoms with van der Waals surface area (Å²) in [6.45, 7) is 4.57. The number of nitrogens with zero attached hydrogens (tertiary/aromatic N) is 2. The summed E-state index contributed by atoms with van der Waals surface area (Å²) < 4.78 is 11.5. The number of likely N-dealkylation sites (N-methyl/N-ethyl adjacent to an activating group) is 1. The Balaban J connectivity index is 1.82. The van der Waals surface area contributed by atoms with Gasteiger partial charge in [0, 0.05) is 12.1 Å². The van der Waals surface area contributed by atoms with Crippen molar-refractivity contribution in [2.75, 3.05) is 13.2 Å². The van der Waals surface area contributed by atoms with E-state index >= 15 is 0 Å². The third-order valence-corrected chi connectivity index (χ3v) is 4.38. The zero-order chi connectivity index (χ0) is 20.8. The molecule has 1 heterocycles. The Morgan fingerprint density at radius 3 is 2.59 bits per heavy atom. The number of urea groups is 1. The van der Waals surface area contributed by atoms with Crippen LogP contribution in [0.25, 0.3) is 6.08 Å². The van der Waals surface area contributed by atoms with E-state index in [1.165, 1.54) is 0 Å². The van der Waals surface area contributed by atoms with Gasteiger partial charge in [0.1, 0.15) is 12.3 Å². The van der Waals surface area contributed by atoms with Crippen LogP contribution in [0, 0.1) is 11.3 Å². The number of hydrogen-bond donors (Lipinski definition) is 1. The van der Waals surface area contributed by atoms with Gasteiger partial charge in [-0.15, -0.1) is 0 Å². The van der Waals surface area contributed by atoms with Crippen molar-refractivity contribution in [1.82, 2.24) is 10.2 Å². The molecule has 0 aliphatic carbocycles. The first-order valence-corrected chi connectivity index (χ1v) is 9.29. The molecule has 0 saturated carbocycles. The van der Waals surface area contributed by atoms with Gasteiger partial charge < -0.3 is 14.8 Å². The average molecular weight is 391 g/mol. The van der Waals surface area contributed by atoms with E-state index < -0.39 is 6.03 Å². The van der Waals surface area contributed by atoms with Crippen LogP contribution >= 0.6 is 0 Å². The van der Waals surface area contributed by atoms with Crippen LogP contribution in [-0.4, -0.2) is 30.0 Å². The third-order valence-electron chi connectivity index (χ3n) is 4.38. The summed E-state index contributed by atoms with van der Waals surface area (Å²) in [7, 11) is 0. The molecule has 3 rings (SSSR count). The minimum absolute atomic E-state index is 0.218. The van der Waals surface area contributed by atoms with Crippen LogP contribution in [0.3, 0.4) is 0 Å². The second kappa shape index (κ2) is 8.93. The Kier molecular flexibility index (Phi) is 6.15. The zero-order valence-electron chi connectivity index (χ0n) is 16.3. The van der Waals surface area contributed by atoms with Crippen molar-refractivity contribution in [2.45, 2.75) is 20.5 Å². The summed E-state index contributed by atoms with van der Waals surface area (Å²) in [5, 5.41) is 11.8. The summed E-state index contributed by atoms with van der Waals surface area (Å²) in [6.07, 6.45) is 1.60. The lowest BCUT2D eigenvalue weighted by Gasteiger charge is -2.13. The van der Waals surface area contributed by atoms with Gasteiger partial charge in [-0.25, -0.2) is 4.79 Å². The van der Waals surface area contributed by atoms with Gasteiger partial charge in [-0.1, -0.05) is 24.3 Å². The highest BCUT2D eigenvalue weighted by molar-refractivity contribution is 6.13. The Labute approximate surface area is 169 Å². The van der Waals surface area contributed by atoms with E-state index in [4.69, 9.17) is 9.47 Å². The van der Waals surface area contributed by atoms with Crippen LogP contribution in [-0.2, 0) is 11.4 Å². The van der Waals surface area contributed by atoms with Gasteiger partial charge in [0.05, 0.1) is 18.2 Å². The van der Waals surface area contributed by atoms with E-state index in [2.05, 4.69) is 11.4 Å². The maximum absolute atomic E-state index is 12.2. The van der Waals surface area contributed by atoms with Gasteiger partial charge >= 0.3 is 6.03 Å². The highest BCUT2D eigenvalue weighted by atomic mass is 16.5. The second-order valence-electron chi connectivity index (χ2n) is 6.23. The number of carbonyl (C=O) groups excluding carboxylic acids is 2. The molecular weight excluding hydrogens is 370 g/mol. The Morgan fingerprint density at radius 2 is 1.90 bits per heavy atom. The van der Waals surface area contributed by atoms with Gasteiger partial charge in [0.15, 0.2) is 11.5 Å². The number of hydrogen-bond acceptors (Lipinski definition) is 5. The number of benzene rings is 2. The first kappa shape index (κ1) is 20.0. The number of imide groups is 1. The molecule has 2 aromatic carbocycles. The highest BCUT2D eigenvalue weighted by Crippen LogP contribution is 2.30. The van der Waals surface area contributed by atoms with E-state index in [0.29, 0.717) is 35.8 Å². The van der Waals surface area contributed by atoms with Crippen molar-refractivity contribution in [3.05, 3.63) is 64.9 Å². The molecule has 7 heteroatoms. The first-order valence-electron chi connectivity index (χ1n) is 9.29. The highest BCUT2D eigenvalue weighted by Gasteiger charge is 2.32. The van der Waals surface area contributed by atoms with Crippen molar-refractivity contribution in [2.24, 2.45) is 0 Å². The molecule has 7 nitrogen and oxygen atoms in total. The molecule has 1 fully saturated rings. The molecule has 3 amide bonds. The average Bonchev–Trinajstić information content (AvgIpc) is 3.00. The van der Waals surface area contributed by atoms with Gasteiger partial charge in [0.25, 0.3) is 5.91 Å². The van der Waals surface area contributed by atoms with Crippen LogP contribution in [0.1, 0.15) is 30.5 Å². The standard InChI is InChI=1S/C22H21N3O4/c1-3-25-21(26)18(24-22(25)27)11-15-9-10-19(20(12-15)28-4-2)29-14-17-8-6-5-7-16(17)13-23/h5-12H,3-4,14H2,1-2H3,(H,24,27)/b18-11+. The molecule has 1 aliphatic rings. The normalized spacial score (nSPS) is 14.7. The zero-order valence-corrected chi connectivity index (χ0v) is 16.3. The van der Waals surface area contributed by atoms with E-state index in [1.807, 2.05) is 19.1 Å². The quantitative estimate of drug-likeness (QED) is 0.577. The number of carbonyl (C=O) groups is 2. The lowest BCUT2D eigenvalue weighted by molar-refractivity contribution is -0.122.